The number of hydrogen-bond acceptors (Lipinski definition) is 1. The molecule has 1 aromatic heterocycles. The van der Waals surface area contributed by atoms with E-state index >= 15 is 0 Å². The molecule has 0 unspecified atom stereocenters. The van der Waals surface area contributed by atoms with Crippen LogP contribution in [0.25, 0.3) is 11.3 Å². The Morgan fingerprint density at radius 1 is 1.06 bits per heavy atom. The van der Waals surface area contributed by atoms with E-state index in [-0.39, 0.29) is 5.41 Å². The highest BCUT2D eigenvalue weighted by molar-refractivity contribution is 5.58. The number of terminal acetylenes is 1. The predicted molar refractivity (Wildman–Crippen MR) is 70.7 cm³/mol. The first-order valence-electron chi connectivity index (χ1n) is 5.68. The van der Waals surface area contributed by atoms with Crippen molar-refractivity contribution in [2.45, 2.75) is 26.2 Å². The molecule has 86 valence electrons. The van der Waals surface area contributed by atoms with Crippen LogP contribution >= 0.6 is 0 Å². The first-order chi connectivity index (χ1) is 8.03. The lowest BCUT2D eigenvalue weighted by molar-refractivity contribution is 0.456. The average molecular weight is 224 g/mol. The molecule has 1 heteroatoms. The molecule has 1 heterocycles. The zero-order valence-corrected chi connectivity index (χ0v) is 10.4. The second-order valence-corrected chi connectivity index (χ2v) is 4.80. The van der Waals surface area contributed by atoms with Gasteiger partial charge in [-0.15, -0.1) is 6.42 Å². The normalized spacial score (nSPS) is 11.2. The van der Waals surface area contributed by atoms with Gasteiger partial charge in [0.2, 0.25) is 0 Å². The zero-order chi connectivity index (χ0) is 12.5. The van der Waals surface area contributed by atoms with Crippen molar-refractivity contribution in [1.29, 1.82) is 0 Å². The zero-order valence-electron chi connectivity index (χ0n) is 10.4. The van der Waals surface area contributed by atoms with E-state index in [1.54, 1.807) is 0 Å². The van der Waals surface area contributed by atoms with Crippen LogP contribution in [0.4, 0.5) is 0 Å². The van der Waals surface area contributed by atoms with Gasteiger partial charge in [-0.3, -0.25) is 0 Å². The molecule has 0 fully saturated rings. The molecule has 0 aliphatic carbocycles. The Balaban J connectivity index is 2.37. The van der Waals surface area contributed by atoms with Crippen LogP contribution in [0.5, 0.6) is 0 Å². The van der Waals surface area contributed by atoms with Crippen molar-refractivity contribution in [2.24, 2.45) is 0 Å². The van der Waals surface area contributed by atoms with Gasteiger partial charge in [0.25, 0.3) is 0 Å². The minimum absolute atomic E-state index is 0.358. The lowest BCUT2D eigenvalue weighted by Crippen LogP contribution is -2.12. The Morgan fingerprint density at radius 3 is 2.29 bits per heavy atom. The summed E-state index contributed by atoms with van der Waals surface area (Å²) >= 11 is 0. The van der Waals surface area contributed by atoms with Crippen molar-refractivity contribution in [3.63, 3.8) is 0 Å². The Hall–Kier alpha value is -1.94. The van der Waals surface area contributed by atoms with Gasteiger partial charge in [0.1, 0.15) is 11.5 Å². The summed E-state index contributed by atoms with van der Waals surface area (Å²) in [7, 11) is 0. The van der Waals surface area contributed by atoms with E-state index in [1.807, 2.05) is 26.0 Å². The van der Waals surface area contributed by atoms with Gasteiger partial charge in [-0.05, 0) is 32.9 Å². The van der Waals surface area contributed by atoms with Crippen LogP contribution in [0.15, 0.2) is 40.8 Å². The minimum atomic E-state index is -0.358. The molecular formula is C16H16O. The summed E-state index contributed by atoms with van der Waals surface area (Å²) < 4.78 is 5.82. The number of rotatable bonds is 2. The molecule has 2 rings (SSSR count). The van der Waals surface area contributed by atoms with Gasteiger partial charge in [0, 0.05) is 5.56 Å². The summed E-state index contributed by atoms with van der Waals surface area (Å²) in [6, 6.07) is 12.2. The van der Waals surface area contributed by atoms with Crippen LogP contribution in [0.1, 0.15) is 25.2 Å². The Bertz CT molecular complexity index is 550. The van der Waals surface area contributed by atoms with E-state index in [0.29, 0.717) is 0 Å². The SMILES string of the molecule is C#CC(C)(C)c1ccc(-c2ccc(C)cc2)o1. The van der Waals surface area contributed by atoms with Gasteiger partial charge in [0.15, 0.2) is 0 Å². The molecule has 1 nitrogen and oxygen atoms in total. The number of benzene rings is 1. The Labute approximate surface area is 102 Å². The standard InChI is InChI=1S/C16H16O/c1-5-16(3,4)15-11-10-14(17-15)13-8-6-12(2)7-9-13/h1,6-11H,2-4H3. The largest absolute Gasteiger partial charge is 0.460 e. The van der Waals surface area contributed by atoms with Crippen molar-refractivity contribution in [2.75, 3.05) is 0 Å². The summed E-state index contributed by atoms with van der Waals surface area (Å²) in [6.45, 7) is 6.02. The Kier molecular flexibility index (Phi) is 2.81. The summed E-state index contributed by atoms with van der Waals surface area (Å²) in [5.41, 5.74) is 1.96. The van der Waals surface area contributed by atoms with Crippen LogP contribution in [-0.2, 0) is 5.41 Å². The van der Waals surface area contributed by atoms with Crippen molar-refractivity contribution < 1.29 is 4.42 Å². The monoisotopic (exact) mass is 224 g/mol. The predicted octanol–water partition coefficient (Wildman–Crippen LogP) is 4.17. The molecule has 2 aromatic rings. The van der Waals surface area contributed by atoms with Gasteiger partial charge < -0.3 is 4.42 Å². The third-order valence-corrected chi connectivity index (χ3v) is 2.92. The highest BCUT2D eigenvalue weighted by atomic mass is 16.3. The molecule has 0 amide bonds. The maximum absolute atomic E-state index is 5.82. The molecule has 1 aromatic carbocycles. The van der Waals surface area contributed by atoms with Gasteiger partial charge >= 0.3 is 0 Å². The molecular weight excluding hydrogens is 208 g/mol. The van der Waals surface area contributed by atoms with E-state index in [1.165, 1.54) is 5.56 Å². The van der Waals surface area contributed by atoms with Gasteiger partial charge in [0.05, 0.1) is 5.41 Å². The first kappa shape index (κ1) is 11.5. The third-order valence-electron chi connectivity index (χ3n) is 2.92. The molecule has 0 spiro atoms. The first-order valence-corrected chi connectivity index (χ1v) is 5.68. The highest BCUT2D eigenvalue weighted by Crippen LogP contribution is 2.29. The minimum Gasteiger partial charge on any atom is -0.460 e. The fourth-order valence-electron chi connectivity index (χ4n) is 1.62. The van der Waals surface area contributed by atoms with Crippen LogP contribution in [-0.4, -0.2) is 0 Å². The fourth-order valence-corrected chi connectivity index (χ4v) is 1.62. The van der Waals surface area contributed by atoms with Crippen molar-refractivity contribution in [1.82, 2.24) is 0 Å². The summed E-state index contributed by atoms with van der Waals surface area (Å²) in [6.07, 6.45) is 5.50. The van der Waals surface area contributed by atoms with E-state index < -0.39 is 0 Å². The molecule has 17 heavy (non-hydrogen) atoms. The molecule has 0 saturated heterocycles. The van der Waals surface area contributed by atoms with Crippen LogP contribution < -0.4 is 0 Å². The number of aryl methyl sites for hydroxylation is 1. The highest BCUT2D eigenvalue weighted by Gasteiger charge is 2.21. The van der Waals surface area contributed by atoms with Crippen LogP contribution in [0.2, 0.25) is 0 Å². The van der Waals surface area contributed by atoms with Gasteiger partial charge in [-0.1, -0.05) is 35.7 Å². The molecule has 0 bridgehead atoms. The summed E-state index contributed by atoms with van der Waals surface area (Å²) in [5, 5.41) is 0. The molecule has 0 saturated carbocycles. The van der Waals surface area contributed by atoms with Crippen molar-refractivity contribution in [3.05, 3.63) is 47.7 Å². The number of hydrogen-bond donors (Lipinski definition) is 0. The maximum atomic E-state index is 5.82. The quantitative estimate of drug-likeness (QED) is 0.698. The maximum Gasteiger partial charge on any atom is 0.134 e. The lowest BCUT2D eigenvalue weighted by Gasteiger charge is -2.13. The van der Waals surface area contributed by atoms with E-state index in [4.69, 9.17) is 10.8 Å². The fraction of sp³-hybridized carbons (Fsp3) is 0.250. The second kappa shape index (κ2) is 4.14. The van der Waals surface area contributed by atoms with Crippen LogP contribution in [0, 0.1) is 19.3 Å². The second-order valence-electron chi connectivity index (χ2n) is 4.80. The molecule has 0 atom stereocenters. The molecule has 0 aliphatic heterocycles. The lowest BCUT2D eigenvalue weighted by atomic mass is 9.92. The summed E-state index contributed by atoms with van der Waals surface area (Å²) in [4.78, 5) is 0. The van der Waals surface area contributed by atoms with Crippen molar-refractivity contribution >= 4 is 0 Å². The smallest absolute Gasteiger partial charge is 0.134 e. The average Bonchev–Trinajstić information content (AvgIpc) is 2.80. The van der Waals surface area contributed by atoms with Crippen LogP contribution in [0.3, 0.4) is 0 Å². The van der Waals surface area contributed by atoms with E-state index in [9.17, 15) is 0 Å². The number of furan rings is 1. The third kappa shape index (κ3) is 2.26. The molecule has 0 aliphatic rings. The van der Waals surface area contributed by atoms with E-state index in [0.717, 1.165) is 17.1 Å². The van der Waals surface area contributed by atoms with Gasteiger partial charge in [-0.25, -0.2) is 0 Å². The summed E-state index contributed by atoms with van der Waals surface area (Å²) in [5.74, 6) is 4.43. The topological polar surface area (TPSA) is 13.1 Å². The van der Waals surface area contributed by atoms with Gasteiger partial charge in [-0.2, -0.15) is 0 Å². The van der Waals surface area contributed by atoms with E-state index in [2.05, 4.69) is 37.1 Å². The molecule has 0 radical (unpaired) electrons. The van der Waals surface area contributed by atoms with Crippen molar-refractivity contribution in [3.8, 4) is 23.7 Å². The molecule has 0 N–H and O–H groups in total. The Morgan fingerprint density at radius 2 is 1.71 bits per heavy atom.